The van der Waals surface area contributed by atoms with Crippen molar-refractivity contribution >= 4 is 11.6 Å². The Morgan fingerprint density at radius 3 is 2.56 bits per heavy atom. The summed E-state index contributed by atoms with van der Waals surface area (Å²) in [7, 11) is 1.75. The van der Waals surface area contributed by atoms with Crippen LogP contribution in [0.5, 0.6) is 5.75 Å². The summed E-state index contributed by atoms with van der Waals surface area (Å²) in [4.78, 5) is 0. The van der Waals surface area contributed by atoms with Crippen LogP contribution in [0.1, 0.15) is 50.2 Å². The molecule has 1 heterocycles. The van der Waals surface area contributed by atoms with Gasteiger partial charge in [0.15, 0.2) is 0 Å². The minimum absolute atomic E-state index is 0.0900. The standard InChI is InChI=1S/C19H27ClO5/c1-23-14-3-5-15(6-4-14)24-19-8-12(2-7-17(19)20)18-10-13(22)9-16(11-21)25-18/h2,7-8,13-16,18,21-22H,3-6,9-11H2,1H3. The number of aliphatic hydroxyl groups is 2. The quantitative estimate of drug-likeness (QED) is 0.832. The van der Waals surface area contributed by atoms with E-state index < -0.39 is 6.10 Å². The first-order valence-electron chi connectivity index (χ1n) is 9.02. The number of ether oxygens (including phenoxy) is 3. The largest absolute Gasteiger partial charge is 0.489 e. The van der Waals surface area contributed by atoms with Crippen molar-refractivity contribution in [2.24, 2.45) is 0 Å². The average Bonchev–Trinajstić information content (AvgIpc) is 2.63. The van der Waals surface area contributed by atoms with E-state index in [-0.39, 0.29) is 24.9 Å². The highest BCUT2D eigenvalue weighted by Crippen LogP contribution is 2.36. The minimum atomic E-state index is -0.472. The van der Waals surface area contributed by atoms with Gasteiger partial charge in [-0.05, 0) is 43.4 Å². The molecule has 0 spiro atoms. The molecule has 3 unspecified atom stereocenters. The third-order valence-corrected chi connectivity index (χ3v) is 5.47. The molecule has 1 saturated heterocycles. The second-order valence-electron chi connectivity index (χ2n) is 7.00. The van der Waals surface area contributed by atoms with Crippen molar-refractivity contribution in [3.63, 3.8) is 0 Å². The number of halogens is 1. The summed E-state index contributed by atoms with van der Waals surface area (Å²) < 4.78 is 17.4. The summed E-state index contributed by atoms with van der Waals surface area (Å²) >= 11 is 6.32. The van der Waals surface area contributed by atoms with Gasteiger partial charge in [0.1, 0.15) is 5.75 Å². The molecule has 0 amide bonds. The van der Waals surface area contributed by atoms with E-state index in [1.165, 1.54) is 0 Å². The molecule has 1 aliphatic carbocycles. The van der Waals surface area contributed by atoms with Crippen LogP contribution < -0.4 is 4.74 Å². The highest BCUT2D eigenvalue weighted by Gasteiger charge is 2.30. The molecule has 1 aromatic rings. The molecule has 6 heteroatoms. The Morgan fingerprint density at radius 2 is 1.88 bits per heavy atom. The predicted octanol–water partition coefficient (Wildman–Crippen LogP) is 3.25. The molecule has 25 heavy (non-hydrogen) atoms. The Labute approximate surface area is 153 Å². The van der Waals surface area contributed by atoms with Crippen LogP contribution in [0, 0.1) is 0 Å². The molecule has 0 bridgehead atoms. The van der Waals surface area contributed by atoms with E-state index in [9.17, 15) is 10.2 Å². The Balaban J connectivity index is 1.68. The smallest absolute Gasteiger partial charge is 0.138 e. The predicted molar refractivity (Wildman–Crippen MR) is 95.1 cm³/mol. The lowest BCUT2D eigenvalue weighted by atomic mass is 9.94. The zero-order valence-corrected chi connectivity index (χ0v) is 15.3. The van der Waals surface area contributed by atoms with Crippen LogP contribution in [0.25, 0.3) is 0 Å². The van der Waals surface area contributed by atoms with Crippen LogP contribution >= 0.6 is 11.6 Å². The van der Waals surface area contributed by atoms with Gasteiger partial charge in [-0.3, -0.25) is 0 Å². The molecule has 1 aromatic carbocycles. The van der Waals surface area contributed by atoms with Gasteiger partial charge < -0.3 is 24.4 Å². The van der Waals surface area contributed by atoms with E-state index in [2.05, 4.69) is 0 Å². The molecule has 0 aromatic heterocycles. The van der Waals surface area contributed by atoms with Crippen LogP contribution in [-0.4, -0.2) is 48.3 Å². The molecule has 140 valence electrons. The summed E-state index contributed by atoms with van der Waals surface area (Å²) in [5.74, 6) is 0.657. The van der Waals surface area contributed by atoms with E-state index in [0.717, 1.165) is 31.2 Å². The van der Waals surface area contributed by atoms with Crippen LogP contribution in [0.15, 0.2) is 18.2 Å². The van der Waals surface area contributed by atoms with Gasteiger partial charge in [-0.2, -0.15) is 0 Å². The molecule has 1 aliphatic heterocycles. The fourth-order valence-corrected chi connectivity index (χ4v) is 3.86. The number of methoxy groups -OCH3 is 1. The van der Waals surface area contributed by atoms with Crippen LogP contribution in [0.4, 0.5) is 0 Å². The lowest BCUT2D eigenvalue weighted by Gasteiger charge is -2.33. The molecule has 2 fully saturated rings. The molecule has 1 saturated carbocycles. The number of benzene rings is 1. The van der Waals surface area contributed by atoms with Crippen molar-refractivity contribution in [1.29, 1.82) is 0 Å². The van der Waals surface area contributed by atoms with Crippen molar-refractivity contribution in [2.45, 2.75) is 69.0 Å². The summed E-state index contributed by atoms with van der Waals surface area (Å²) in [6.45, 7) is -0.0900. The second kappa shape index (κ2) is 8.69. The maximum absolute atomic E-state index is 10.0. The fraction of sp³-hybridized carbons (Fsp3) is 0.684. The van der Waals surface area contributed by atoms with Gasteiger partial charge in [0.2, 0.25) is 0 Å². The molecule has 3 rings (SSSR count). The Morgan fingerprint density at radius 1 is 1.16 bits per heavy atom. The third kappa shape index (κ3) is 4.86. The normalized spacial score (nSPS) is 33.2. The topological polar surface area (TPSA) is 68.2 Å². The number of aliphatic hydroxyl groups excluding tert-OH is 2. The summed E-state index contributed by atoms with van der Waals surface area (Å²) in [6, 6.07) is 5.61. The maximum atomic E-state index is 10.0. The fourth-order valence-electron chi connectivity index (χ4n) is 3.70. The SMILES string of the molecule is COC1CCC(Oc2cc(C3CC(O)CC(CO)O3)ccc2Cl)CC1. The number of hydrogen-bond acceptors (Lipinski definition) is 5. The van der Waals surface area contributed by atoms with Crippen molar-refractivity contribution < 1.29 is 24.4 Å². The van der Waals surface area contributed by atoms with Gasteiger partial charge in [0, 0.05) is 20.0 Å². The molecule has 5 nitrogen and oxygen atoms in total. The first-order valence-corrected chi connectivity index (χ1v) is 9.40. The Kier molecular flexibility index (Phi) is 6.58. The van der Waals surface area contributed by atoms with Crippen molar-refractivity contribution in [2.75, 3.05) is 13.7 Å². The summed E-state index contributed by atoms with van der Waals surface area (Å²) in [5, 5.41) is 19.9. The molecule has 0 radical (unpaired) electrons. The highest BCUT2D eigenvalue weighted by atomic mass is 35.5. The first-order chi connectivity index (χ1) is 12.1. The van der Waals surface area contributed by atoms with Crippen molar-refractivity contribution in [3.8, 4) is 5.75 Å². The molecular weight excluding hydrogens is 344 g/mol. The van der Waals surface area contributed by atoms with Gasteiger partial charge in [-0.1, -0.05) is 17.7 Å². The van der Waals surface area contributed by atoms with Gasteiger partial charge in [-0.15, -0.1) is 0 Å². The van der Waals surface area contributed by atoms with Gasteiger partial charge >= 0.3 is 0 Å². The van der Waals surface area contributed by atoms with E-state index in [0.29, 0.717) is 29.7 Å². The lowest BCUT2D eigenvalue weighted by Crippen LogP contribution is -2.33. The molecular formula is C19H27ClO5. The van der Waals surface area contributed by atoms with Crippen LogP contribution in [0.3, 0.4) is 0 Å². The molecule has 3 atom stereocenters. The Bertz CT molecular complexity index is 559. The average molecular weight is 371 g/mol. The second-order valence-corrected chi connectivity index (χ2v) is 7.40. The minimum Gasteiger partial charge on any atom is -0.489 e. The van der Waals surface area contributed by atoms with E-state index in [1.54, 1.807) is 7.11 Å². The van der Waals surface area contributed by atoms with Crippen LogP contribution in [0.2, 0.25) is 5.02 Å². The first kappa shape index (κ1) is 18.9. The van der Waals surface area contributed by atoms with Crippen molar-refractivity contribution in [1.82, 2.24) is 0 Å². The van der Waals surface area contributed by atoms with Gasteiger partial charge in [-0.25, -0.2) is 0 Å². The zero-order chi connectivity index (χ0) is 17.8. The molecule has 2 N–H and O–H groups in total. The van der Waals surface area contributed by atoms with E-state index >= 15 is 0 Å². The number of hydrogen-bond donors (Lipinski definition) is 2. The summed E-state index contributed by atoms with van der Waals surface area (Å²) in [6.07, 6.45) is 4.26. The van der Waals surface area contributed by atoms with E-state index in [1.807, 2.05) is 18.2 Å². The number of rotatable bonds is 5. The third-order valence-electron chi connectivity index (χ3n) is 5.16. The lowest BCUT2D eigenvalue weighted by molar-refractivity contribution is -0.113. The van der Waals surface area contributed by atoms with Gasteiger partial charge in [0.25, 0.3) is 0 Å². The van der Waals surface area contributed by atoms with Crippen molar-refractivity contribution in [3.05, 3.63) is 28.8 Å². The monoisotopic (exact) mass is 370 g/mol. The Hall–Kier alpha value is -0.850. The zero-order valence-electron chi connectivity index (χ0n) is 14.6. The van der Waals surface area contributed by atoms with Gasteiger partial charge in [0.05, 0.1) is 42.1 Å². The highest BCUT2D eigenvalue weighted by molar-refractivity contribution is 6.32. The van der Waals surface area contributed by atoms with E-state index in [4.69, 9.17) is 25.8 Å². The molecule has 2 aliphatic rings. The van der Waals surface area contributed by atoms with Crippen LogP contribution in [-0.2, 0) is 9.47 Å². The summed E-state index contributed by atoms with van der Waals surface area (Å²) in [5.41, 5.74) is 0.919. The maximum Gasteiger partial charge on any atom is 0.138 e.